The molecule has 0 fully saturated rings. The molecular weight excluding hydrogens is 226 g/mol. The number of hydrogen-bond acceptors (Lipinski definition) is 3. The Morgan fingerprint density at radius 3 is 1.72 bits per heavy atom. The Labute approximate surface area is 110 Å². The average molecular weight is 251 g/mol. The Hall–Kier alpha value is -1.22. The minimum atomic E-state index is 0.111. The van der Waals surface area contributed by atoms with Gasteiger partial charge in [-0.3, -0.25) is 0 Å². The lowest BCUT2D eigenvalue weighted by Crippen LogP contribution is -2.18. The maximum absolute atomic E-state index is 5.86. The van der Waals surface area contributed by atoms with E-state index in [1.54, 1.807) is 14.2 Å². The first-order chi connectivity index (χ1) is 8.47. The second-order valence-electron chi connectivity index (χ2n) is 5.26. The fourth-order valence-electron chi connectivity index (χ4n) is 2.13. The van der Waals surface area contributed by atoms with Crippen molar-refractivity contribution in [1.82, 2.24) is 0 Å². The Morgan fingerprint density at radius 1 is 0.944 bits per heavy atom. The van der Waals surface area contributed by atoms with Gasteiger partial charge in [-0.15, -0.1) is 0 Å². The molecule has 0 bridgehead atoms. The molecule has 3 nitrogen and oxygen atoms in total. The van der Waals surface area contributed by atoms with Gasteiger partial charge < -0.3 is 15.2 Å². The van der Waals surface area contributed by atoms with Gasteiger partial charge in [0.2, 0.25) is 0 Å². The number of nitrogens with two attached hydrogens (primary N) is 1. The van der Waals surface area contributed by atoms with Crippen LogP contribution in [0.25, 0.3) is 0 Å². The lowest BCUT2D eigenvalue weighted by Gasteiger charge is -2.17. The lowest BCUT2D eigenvalue weighted by molar-refractivity contribution is 0.391. The maximum Gasteiger partial charge on any atom is 0.122 e. The van der Waals surface area contributed by atoms with Gasteiger partial charge in [-0.05, 0) is 48.9 Å². The van der Waals surface area contributed by atoms with Crippen LogP contribution in [0.1, 0.15) is 31.9 Å². The first kappa shape index (κ1) is 14.8. The van der Waals surface area contributed by atoms with E-state index in [1.165, 1.54) is 5.56 Å². The summed E-state index contributed by atoms with van der Waals surface area (Å²) < 4.78 is 10.9. The zero-order valence-electron chi connectivity index (χ0n) is 12.1. The summed E-state index contributed by atoms with van der Waals surface area (Å²) in [7, 11) is 3.41. The largest absolute Gasteiger partial charge is 0.496 e. The van der Waals surface area contributed by atoms with E-state index in [0.717, 1.165) is 29.9 Å². The third kappa shape index (κ3) is 3.91. The highest BCUT2D eigenvalue weighted by Gasteiger charge is 2.13. The van der Waals surface area contributed by atoms with Crippen molar-refractivity contribution >= 4 is 0 Å². The molecule has 0 aliphatic rings. The molecule has 0 saturated heterocycles. The number of hydrogen-bond donors (Lipinski definition) is 1. The van der Waals surface area contributed by atoms with Gasteiger partial charge in [0.1, 0.15) is 11.5 Å². The van der Waals surface area contributed by atoms with Crippen molar-refractivity contribution in [2.45, 2.75) is 39.7 Å². The molecule has 1 aromatic carbocycles. The van der Waals surface area contributed by atoms with E-state index in [4.69, 9.17) is 15.2 Å². The highest BCUT2D eigenvalue weighted by atomic mass is 16.5. The number of ether oxygens (including phenoxy) is 2. The van der Waals surface area contributed by atoms with Gasteiger partial charge in [0.05, 0.1) is 14.2 Å². The fraction of sp³-hybridized carbons (Fsp3) is 0.600. The third-order valence-corrected chi connectivity index (χ3v) is 2.85. The lowest BCUT2D eigenvalue weighted by atomic mass is 9.97. The number of rotatable bonds is 6. The zero-order chi connectivity index (χ0) is 13.7. The smallest absolute Gasteiger partial charge is 0.122 e. The monoisotopic (exact) mass is 251 g/mol. The van der Waals surface area contributed by atoms with Crippen LogP contribution >= 0.6 is 0 Å². The first-order valence-corrected chi connectivity index (χ1v) is 6.47. The van der Waals surface area contributed by atoms with Crippen LogP contribution in [-0.4, -0.2) is 20.3 Å². The molecule has 1 aromatic rings. The summed E-state index contributed by atoms with van der Waals surface area (Å²) in [5.74, 6) is 2.42. The summed E-state index contributed by atoms with van der Waals surface area (Å²) in [5.41, 5.74) is 8.16. The van der Waals surface area contributed by atoms with Gasteiger partial charge in [-0.1, -0.05) is 13.8 Å². The SMILES string of the molecule is COc1cc(C[C@@H](C)N)c(OC)cc1CC(C)C. The molecule has 0 saturated carbocycles. The minimum Gasteiger partial charge on any atom is -0.496 e. The molecule has 0 aliphatic carbocycles. The van der Waals surface area contributed by atoms with Crippen molar-refractivity contribution in [3.05, 3.63) is 23.3 Å². The molecule has 1 rings (SSSR count). The standard InChI is InChI=1S/C15H25NO2/c1-10(2)6-12-8-15(18-5)13(7-11(3)16)9-14(12)17-4/h8-11H,6-7,16H2,1-5H3/t11-/m1/s1. The van der Waals surface area contributed by atoms with E-state index in [-0.39, 0.29) is 6.04 Å². The predicted molar refractivity (Wildman–Crippen MR) is 75.4 cm³/mol. The molecule has 2 N–H and O–H groups in total. The van der Waals surface area contributed by atoms with Crippen molar-refractivity contribution in [2.24, 2.45) is 11.7 Å². The van der Waals surface area contributed by atoms with Gasteiger partial charge in [0.15, 0.2) is 0 Å². The van der Waals surface area contributed by atoms with Gasteiger partial charge in [-0.25, -0.2) is 0 Å². The molecule has 102 valence electrons. The fourth-order valence-corrected chi connectivity index (χ4v) is 2.13. The van der Waals surface area contributed by atoms with Crippen LogP contribution in [-0.2, 0) is 12.8 Å². The molecule has 1 atom stereocenters. The minimum absolute atomic E-state index is 0.111. The topological polar surface area (TPSA) is 44.5 Å². The van der Waals surface area contributed by atoms with E-state index in [1.807, 2.05) is 6.92 Å². The summed E-state index contributed by atoms with van der Waals surface area (Å²) in [6.07, 6.45) is 1.78. The molecule has 0 radical (unpaired) electrons. The average Bonchev–Trinajstić information content (AvgIpc) is 2.29. The van der Waals surface area contributed by atoms with Gasteiger partial charge in [0, 0.05) is 6.04 Å². The van der Waals surface area contributed by atoms with Crippen LogP contribution in [0.5, 0.6) is 11.5 Å². The Morgan fingerprint density at radius 2 is 1.39 bits per heavy atom. The van der Waals surface area contributed by atoms with Crippen LogP contribution in [0.4, 0.5) is 0 Å². The summed E-state index contributed by atoms with van der Waals surface area (Å²) in [6, 6.07) is 4.25. The first-order valence-electron chi connectivity index (χ1n) is 6.47. The van der Waals surface area contributed by atoms with Crippen LogP contribution < -0.4 is 15.2 Å². The Bertz CT molecular complexity index is 349. The number of benzene rings is 1. The third-order valence-electron chi connectivity index (χ3n) is 2.85. The predicted octanol–water partition coefficient (Wildman–Crippen LogP) is 2.79. The van der Waals surface area contributed by atoms with Gasteiger partial charge >= 0.3 is 0 Å². The summed E-state index contributed by atoms with van der Waals surface area (Å²) in [4.78, 5) is 0. The van der Waals surface area contributed by atoms with Crippen LogP contribution in [0.15, 0.2) is 12.1 Å². The van der Waals surface area contributed by atoms with Crippen molar-refractivity contribution in [3.63, 3.8) is 0 Å². The molecule has 3 heteroatoms. The van der Waals surface area contributed by atoms with E-state index in [9.17, 15) is 0 Å². The van der Waals surface area contributed by atoms with Crippen molar-refractivity contribution in [2.75, 3.05) is 14.2 Å². The molecule has 0 aliphatic heterocycles. The Balaban J connectivity index is 3.14. The highest BCUT2D eigenvalue weighted by Crippen LogP contribution is 2.31. The van der Waals surface area contributed by atoms with Crippen LogP contribution in [0.3, 0.4) is 0 Å². The maximum atomic E-state index is 5.86. The van der Waals surface area contributed by atoms with Gasteiger partial charge in [0.25, 0.3) is 0 Å². The van der Waals surface area contributed by atoms with E-state index in [2.05, 4.69) is 26.0 Å². The summed E-state index contributed by atoms with van der Waals surface area (Å²) in [6.45, 7) is 6.39. The molecule has 18 heavy (non-hydrogen) atoms. The van der Waals surface area contributed by atoms with E-state index in [0.29, 0.717) is 5.92 Å². The summed E-state index contributed by atoms with van der Waals surface area (Å²) in [5, 5.41) is 0. The normalized spacial score (nSPS) is 12.6. The van der Waals surface area contributed by atoms with Gasteiger partial charge in [-0.2, -0.15) is 0 Å². The molecule has 0 unspecified atom stereocenters. The highest BCUT2D eigenvalue weighted by molar-refractivity contribution is 5.47. The molecule has 0 spiro atoms. The Kier molecular flexibility index (Phi) is 5.48. The second-order valence-corrected chi connectivity index (χ2v) is 5.26. The second kappa shape index (κ2) is 6.64. The van der Waals surface area contributed by atoms with Crippen LogP contribution in [0.2, 0.25) is 0 Å². The summed E-state index contributed by atoms with van der Waals surface area (Å²) >= 11 is 0. The number of methoxy groups -OCH3 is 2. The molecule has 0 amide bonds. The van der Waals surface area contributed by atoms with Crippen molar-refractivity contribution in [3.8, 4) is 11.5 Å². The molecular formula is C15H25NO2. The van der Waals surface area contributed by atoms with Crippen molar-refractivity contribution < 1.29 is 9.47 Å². The van der Waals surface area contributed by atoms with E-state index < -0.39 is 0 Å². The van der Waals surface area contributed by atoms with Crippen LogP contribution in [0, 0.1) is 5.92 Å². The van der Waals surface area contributed by atoms with E-state index >= 15 is 0 Å². The van der Waals surface area contributed by atoms with Crippen molar-refractivity contribution in [1.29, 1.82) is 0 Å². The molecule has 0 heterocycles. The quantitative estimate of drug-likeness (QED) is 0.845. The zero-order valence-corrected chi connectivity index (χ0v) is 12.1. The molecule has 0 aromatic heterocycles.